The van der Waals surface area contributed by atoms with E-state index >= 15 is 0 Å². The van der Waals surface area contributed by atoms with Crippen molar-refractivity contribution in [3.63, 3.8) is 0 Å². The van der Waals surface area contributed by atoms with Gasteiger partial charge < -0.3 is 4.74 Å². The van der Waals surface area contributed by atoms with Crippen LogP contribution in [0.1, 0.15) is 0 Å². The molecule has 90 valence electrons. The zero-order valence-electron chi connectivity index (χ0n) is 9.19. The maximum atomic E-state index is 11.6. The van der Waals surface area contributed by atoms with E-state index in [1.165, 1.54) is 27.3 Å². The third-order valence-corrected chi connectivity index (χ3v) is 3.56. The molecule has 1 aromatic rings. The number of halogens is 1. The summed E-state index contributed by atoms with van der Waals surface area (Å²) in [6, 6.07) is 4.70. The topological polar surface area (TPSA) is 58.6 Å². The molecule has 0 bridgehead atoms. The van der Waals surface area contributed by atoms with Gasteiger partial charge in [-0.3, -0.25) is 4.72 Å². The summed E-state index contributed by atoms with van der Waals surface area (Å²) in [6.07, 6.45) is 0. The number of anilines is 1. The summed E-state index contributed by atoms with van der Waals surface area (Å²) in [5.41, 5.74) is 0.309. The van der Waals surface area contributed by atoms with Gasteiger partial charge in [0.15, 0.2) is 0 Å². The van der Waals surface area contributed by atoms with Crippen molar-refractivity contribution in [2.24, 2.45) is 0 Å². The van der Waals surface area contributed by atoms with Crippen LogP contribution in [-0.4, -0.2) is 33.9 Å². The summed E-state index contributed by atoms with van der Waals surface area (Å²) in [6.45, 7) is 0. The smallest absolute Gasteiger partial charge is 0.301 e. The minimum absolute atomic E-state index is 0.309. The Bertz CT molecular complexity index is 474. The summed E-state index contributed by atoms with van der Waals surface area (Å²) >= 11 is 5.78. The van der Waals surface area contributed by atoms with Crippen LogP contribution >= 0.6 is 11.6 Å². The van der Waals surface area contributed by atoms with Crippen LogP contribution in [0.3, 0.4) is 0 Å². The molecule has 0 heterocycles. The van der Waals surface area contributed by atoms with Crippen molar-refractivity contribution in [3.8, 4) is 5.75 Å². The highest BCUT2D eigenvalue weighted by Crippen LogP contribution is 2.28. The minimum atomic E-state index is -3.56. The van der Waals surface area contributed by atoms with E-state index in [0.29, 0.717) is 16.5 Å². The zero-order chi connectivity index (χ0) is 12.3. The maximum absolute atomic E-state index is 11.6. The van der Waals surface area contributed by atoms with Crippen LogP contribution in [0.25, 0.3) is 0 Å². The SMILES string of the molecule is COc1ccc(Cl)cc1NS(=O)(=O)N(C)C. The van der Waals surface area contributed by atoms with E-state index in [9.17, 15) is 8.42 Å². The number of benzene rings is 1. The largest absolute Gasteiger partial charge is 0.495 e. The number of methoxy groups -OCH3 is 1. The summed E-state index contributed by atoms with van der Waals surface area (Å²) in [4.78, 5) is 0. The Morgan fingerprint density at radius 2 is 2.00 bits per heavy atom. The number of nitrogens with zero attached hydrogens (tertiary/aromatic N) is 1. The first-order valence-electron chi connectivity index (χ1n) is 4.40. The number of ether oxygens (including phenoxy) is 1. The van der Waals surface area contributed by atoms with Crippen molar-refractivity contribution < 1.29 is 13.2 Å². The van der Waals surface area contributed by atoms with E-state index in [1.807, 2.05) is 0 Å². The van der Waals surface area contributed by atoms with Crippen LogP contribution in [0, 0.1) is 0 Å². The van der Waals surface area contributed by atoms with Crippen molar-refractivity contribution in [2.45, 2.75) is 0 Å². The molecule has 0 atom stereocenters. The van der Waals surface area contributed by atoms with Gasteiger partial charge in [0.1, 0.15) is 5.75 Å². The molecule has 1 N–H and O–H groups in total. The molecule has 0 aromatic heterocycles. The summed E-state index contributed by atoms with van der Waals surface area (Å²) in [7, 11) is 0.759. The van der Waals surface area contributed by atoms with Gasteiger partial charge in [-0.05, 0) is 18.2 Å². The quantitative estimate of drug-likeness (QED) is 0.898. The lowest BCUT2D eigenvalue weighted by molar-refractivity contribution is 0.416. The zero-order valence-corrected chi connectivity index (χ0v) is 10.8. The fraction of sp³-hybridized carbons (Fsp3) is 0.333. The molecule has 0 amide bonds. The van der Waals surface area contributed by atoms with Gasteiger partial charge in [0.25, 0.3) is 0 Å². The molecule has 1 aromatic carbocycles. The van der Waals surface area contributed by atoms with Crippen molar-refractivity contribution in [2.75, 3.05) is 25.9 Å². The second kappa shape index (κ2) is 4.90. The van der Waals surface area contributed by atoms with E-state index in [1.54, 1.807) is 12.1 Å². The van der Waals surface area contributed by atoms with Gasteiger partial charge in [-0.1, -0.05) is 11.6 Å². The number of rotatable bonds is 4. The molecule has 0 unspecified atom stereocenters. The fourth-order valence-corrected chi connectivity index (χ4v) is 1.78. The van der Waals surface area contributed by atoms with Crippen LogP contribution in [0.15, 0.2) is 18.2 Å². The first-order chi connectivity index (χ1) is 7.36. The van der Waals surface area contributed by atoms with Crippen LogP contribution < -0.4 is 9.46 Å². The Morgan fingerprint density at radius 1 is 1.38 bits per heavy atom. The molecule has 0 aliphatic carbocycles. The molecular weight excluding hydrogens is 252 g/mol. The molecule has 0 saturated carbocycles. The van der Waals surface area contributed by atoms with Crippen LogP contribution in [-0.2, 0) is 10.2 Å². The highest BCUT2D eigenvalue weighted by Gasteiger charge is 2.15. The van der Waals surface area contributed by atoms with Gasteiger partial charge in [0, 0.05) is 19.1 Å². The number of nitrogens with one attached hydrogen (secondary N) is 1. The Balaban J connectivity index is 3.10. The molecular formula is C9H13ClN2O3S. The van der Waals surface area contributed by atoms with E-state index in [0.717, 1.165) is 4.31 Å². The molecule has 1 rings (SSSR count). The third-order valence-electron chi connectivity index (χ3n) is 1.88. The molecule has 0 spiro atoms. The molecule has 0 radical (unpaired) electrons. The van der Waals surface area contributed by atoms with Crippen molar-refractivity contribution >= 4 is 27.5 Å². The molecule has 16 heavy (non-hydrogen) atoms. The molecule has 7 heteroatoms. The summed E-state index contributed by atoms with van der Waals surface area (Å²) in [5, 5.41) is 0.428. The van der Waals surface area contributed by atoms with Gasteiger partial charge in [0.2, 0.25) is 0 Å². The Kier molecular flexibility index (Phi) is 4.01. The fourth-order valence-electron chi connectivity index (χ4n) is 0.990. The van der Waals surface area contributed by atoms with Crippen LogP contribution in [0.2, 0.25) is 5.02 Å². The molecule has 0 fully saturated rings. The standard InChI is InChI=1S/C9H13ClN2O3S/c1-12(2)16(13,14)11-8-6-7(10)4-5-9(8)15-3/h4-6,11H,1-3H3. The highest BCUT2D eigenvalue weighted by molar-refractivity contribution is 7.90. The lowest BCUT2D eigenvalue weighted by atomic mass is 10.3. The van der Waals surface area contributed by atoms with Gasteiger partial charge in [-0.25, -0.2) is 0 Å². The summed E-state index contributed by atoms with van der Waals surface area (Å²) in [5.74, 6) is 0.412. The monoisotopic (exact) mass is 264 g/mol. The van der Waals surface area contributed by atoms with Crippen molar-refractivity contribution in [1.29, 1.82) is 0 Å². The molecule has 5 nitrogen and oxygen atoms in total. The van der Waals surface area contributed by atoms with Gasteiger partial charge in [-0.2, -0.15) is 12.7 Å². The van der Waals surface area contributed by atoms with Crippen LogP contribution in [0.5, 0.6) is 5.75 Å². The average molecular weight is 265 g/mol. The number of hydrogen-bond acceptors (Lipinski definition) is 3. The minimum Gasteiger partial charge on any atom is -0.495 e. The van der Waals surface area contributed by atoms with E-state index < -0.39 is 10.2 Å². The third kappa shape index (κ3) is 3.01. The second-order valence-electron chi connectivity index (χ2n) is 3.23. The van der Waals surface area contributed by atoms with Crippen molar-refractivity contribution in [1.82, 2.24) is 4.31 Å². The van der Waals surface area contributed by atoms with Crippen LogP contribution in [0.4, 0.5) is 5.69 Å². The van der Waals surface area contributed by atoms with Gasteiger partial charge >= 0.3 is 10.2 Å². The molecule has 0 saturated heterocycles. The van der Waals surface area contributed by atoms with E-state index in [4.69, 9.17) is 16.3 Å². The van der Waals surface area contributed by atoms with Gasteiger partial charge in [-0.15, -0.1) is 0 Å². The maximum Gasteiger partial charge on any atom is 0.301 e. The predicted molar refractivity (Wildman–Crippen MR) is 64.2 cm³/mol. The molecule has 0 aliphatic heterocycles. The molecule has 0 aliphatic rings. The summed E-state index contributed by atoms with van der Waals surface area (Å²) < 4.78 is 31.6. The lowest BCUT2D eigenvalue weighted by Crippen LogP contribution is -2.29. The number of hydrogen-bond donors (Lipinski definition) is 1. The average Bonchev–Trinajstić information content (AvgIpc) is 2.17. The Hall–Kier alpha value is -0.980. The predicted octanol–water partition coefficient (Wildman–Crippen LogP) is 1.57. The van der Waals surface area contributed by atoms with Gasteiger partial charge in [0.05, 0.1) is 12.8 Å². The van der Waals surface area contributed by atoms with E-state index in [-0.39, 0.29) is 0 Å². The lowest BCUT2D eigenvalue weighted by Gasteiger charge is -2.15. The first-order valence-corrected chi connectivity index (χ1v) is 6.22. The second-order valence-corrected chi connectivity index (χ2v) is 5.56. The first kappa shape index (κ1) is 13.1. The normalized spacial score (nSPS) is 11.6. The highest BCUT2D eigenvalue weighted by atomic mass is 35.5. The Labute approximate surface area is 100 Å². The van der Waals surface area contributed by atoms with E-state index in [2.05, 4.69) is 4.72 Å². The van der Waals surface area contributed by atoms with Crippen molar-refractivity contribution in [3.05, 3.63) is 23.2 Å². The Morgan fingerprint density at radius 3 is 2.50 bits per heavy atom.